The van der Waals surface area contributed by atoms with Crippen molar-refractivity contribution in [3.8, 4) is 11.3 Å². The van der Waals surface area contributed by atoms with E-state index in [4.69, 9.17) is 16.0 Å². The van der Waals surface area contributed by atoms with Gasteiger partial charge in [0.2, 0.25) is 0 Å². The standard InChI is InChI=1S/C11H6ClFN2O/c12-9-5-7(13)1-2-8(9)10-6-15-3-4-16-11(15)14-10/h1-6H. The molecule has 1 aromatic carbocycles. The second-order valence-corrected chi connectivity index (χ2v) is 3.75. The molecule has 0 spiro atoms. The number of oxazole rings is 1. The molecule has 0 bridgehead atoms. The second kappa shape index (κ2) is 3.35. The summed E-state index contributed by atoms with van der Waals surface area (Å²) in [5.74, 6) is 0.118. The third-order valence-electron chi connectivity index (χ3n) is 2.30. The molecule has 2 heterocycles. The van der Waals surface area contributed by atoms with Gasteiger partial charge in [0.25, 0.3) is 0 Å². The minimum Gasteiger partial charge on any atom is -0.432 e. The zero-order chi connectivity index (χ0) is 11.1. The van der Waals surface area contributed by atoms with Crippen molar-refractivity contribution in [1.82, 2.24) is 9.38 Å². The molecule has 0 fully saturated rings. The lowest BCUT2D eigenvalue weighted by Gasteiger charge is -1.99. The Morgan fingerprint density at radius 2 is 2.25 bits per heavy atom. The first-order valence-electron chi connectivity index (χ1n) is 4.62. The molecule has 0 aliphatic heterocycles. The maximum Gasteiger partial charge on any atom is 0.306 e. The van der Waals surface area contributed by atoms with Crippen LogP contribution in [0.5, 0.6) is 0 Å². The Hall–Kier alpha value is -1.81. The van der Waals surface area contributed by atoms with Crippen LogP contribution in [-0.2, 0) is 0 Å². The Kier molecular flexibility index (Phi) is 1.97. The van der Waals surface area contributed by atoms with Crippen molar-refractivity contribution in [2.45, 2.75) is 0 Å². The summed E-state index contributed by atoms with van der Waals surface area (Å²) in [7, 11) is 0. The van der Waals surface area contributed by atoms with E-state index < -0.39 is 0 Å². The van der Waals surface area contributed by atoms with Gasteiger partial charge in [0, 0.05) is 18.0 Å². The number of benzene rings is 1. The molecule has 3 rings (SSSR count). The smallest absolute Gasteiger partial charge is 0.306 e. The molecule has 0 aliphatic rings. The van der Waals surface area contributed by atoms with Crippen LogP contribution >= 0.6 is 11.6 Å². The summed E-state index contributed by atoms with van der Waals surface area (Å²) in [4.78, 5) is 4.22. The van der Waals surface area contributed by atoms with E-state index in [0.29, 0.717) is 22.1 Å². The third-order valence-corrected chi connectivity index (χ3v) is 2.61. The summed E-state index contributed by atoms with van der Waals surface area (Å²) in [6.45, 7) is 0. The maximum absolute atomic E-state index is 12.9. The molecule has 80 valence electrons. The van der Waals surface area contributed by atoms with Crippen molar-refractivity contribution in [2.75, 3.05) is 0 Å². The Balaban J connectivity index is 2.19. The second-order valence-electron chi connectivity index (χ2n) is 3.34. The monoisotopic (exact) mass is 236 g/mol. The summed E-state index contributed by atoms with van der Waals surface area (Å²) < 4.78 is 19.7. The van der Waals surface area contributed by atoms with Gasteiger partial charge in [-0.15, -0.1) is 0 Å². The number of nitrogens with zero attached hydrogens (tertiary/aromatic N) is 2. The van der Waals surface area contributed by atoms with Gasteiger partial charge in [-0.3, -0.25) is 4.40 Å². The SMILES string of the molecule is Fc1ccc(-c2cn3ccoc3n2)c(Cl)c1. The number of fused-ring (bicyclic) bond motifs is 1. The molecule has 0 aliphatic carbocycles. The lowest BCUT2D eigenvalue weighted by molar-refractivity contribution is 0.596. The molecule has 0 unspecified atom stereocenters. The molecule has 3 aromatic rings. The number of hydrogen-bond donors (Lipinski definition) is 0. The highest BCUT2D eigenvalue weighted by Gasteiger charge is 2.10. The van der Waals surface area contributed by atoms with Gasteiger partial charge in [-0.1, -0.05) is 11.6 Å². The fraction of sp³-hybridized carbons (Fsp3) is 0. The van der Waals surface area contributed by atoms with E-state index in [2.05, 4.69) is 4.98 Å². The third kappa shape index (κ3) is 1.39. The predicted octanol–water partition coefficient (Wildman–Crippen LogP) is 3.39. The first kappa shape index (κ1) is 9.42. The highest BCUT2D eigenvalue weighted by molar-refractivity contribution is 6.33. The Morgan fingerprint density at radius 1 is 1.38 bits per heavy atom. The topological polar surface area (TPSA) is 30.4 Å². The van der Waals surface area contributed by atoms with Gasteiger partial charge in [-0.2, -0.15) is 4.98 Å². The summed E-state index contributed by atoms with van der Waals surface area (Å²) in [5.41, 5.74) is 1.34. The van der Waals surface area contributed by atoms with Crippen molar-refractivity contribution < 1.29 is 8.81 Å². The maximum atomic E-state index is 12.9. The molecule has 0 saturated heterocycles. The summed E-state index contributed by atoms with van der Waals surface area (Å²) >= 11 is 5.94. The highest BCUT2D eigenvalue weighted by atomic mass is 35.5. The van der Waals surface area contributed by atoms with Crippen LogP contribution in [0, 0.1) is 5.82 Å². The van der Waals surface area contributed by atoms with Crippen molar-refractivity contribution in [3.63, 3.8) is 0 Å². The summed E-state index contributed by atoms with van der Waals surface area (Å²) in [6, 6.07) is 4.21. The van der Waals surface area contributed by atoms with Crippen LogP contribution in [0.3, 0.4) is 0 Å². The van der Waals surface area contributed by atoms with Crippen molar-refractivity contribution in [1.29, 1.82) is 0 Å². The molecule has 5 heteroatoms. The fourth-order valence-corrected chi connectivity index (χ4v) is 1.82. The lowest BCUT2D eigenvalue weighted by Crippen LogP contribution is -1.81. The number of rotatable bonds is 1. The van der Waals surface area contributed by atoms with Gasteiger partial charge in [0.1, 0.15) is 12.1 Å². The largest absolute Gasteiger partial charge is 0.432 e. The number of imidazole rings is 1. The number of aromatic nitrogens is 2. The normalized spacial score (nSPS) is 11.1. The average Bonchev–Trinajstić information content (AvgIpc) is 2.76. The predicted molar refractivity (Wildman–Crippen MR) is 57.9 cm³/mol. The van der Waals surface area contributed by atoms with Crippen LogP contribution in [0.1, 0.15) is 0 Å². The molecule has 2 aromatic heterocycles. The number of hydrogen-bond acceptors (Lipinski definition) is 2. The minimum atomic E-state index is -0.364. The number of halogens is 2. The van der Waals surface area contributed by atoms with Gasteiger partial charge < -0.3 is 4.42 Å². The Bertz CT molecular complexity index is 630. The van der Waals surface area contributed by atoms with E-state index in [0.717, 1.165) is 0 Å². The molecule has 16 heavy (non-hydrogen) atoms. The van der Waals surface area contributed by atoms with Crippen LogP contribution in [0.25, 0.3) is 17.1 Å². The molecule has 0 atom stereocenters. The molecule has 3 nitrogen and oxygen atoms in total. The molecular weight excluding hydrogens is 231 g/mol. The van der Waals surface area contributed by atoms with Gasteiger partial charge in [-0.25, -0.2) is 4.39 Å². The van der Waals surface area contributed by atoms with Crippen molar-refractivity contribution >= 4 is 17.4 Å². The van der Waals surface area contributed by atoms with E-state index in [1.54, 1.807) is 29.1 Å². The van der Waals surface area contributed by atoms with Gasteiger partial charge >= 0.3 is 5.84 Å². The molecule has 0 N–H and O–H groups in total. The van der Waals surface area contributed by atoms with Crippen LogP contribution in [-0.4, -0.2) is 9.38 Å². The van der Waals surface area contributed by atoms with E-state index in [1.165, 1.54) is 12.1 Å². The van der Waals surface area contributed by atoms with Gasteiger partial charge in [-0.05, 0) is 18.2 Å². The molecule has 0 saturated carbocycles. The summed E-state index contributed by atoms with van der Waals surface area (Å²) in [5, 5.41) is 0.334. The van der Waals surface area contributed by atoms with Crippen LogP contribution in [0.15, 0.2) is 41.3 Å². The highest BCUT2D eigenvalue weighted by Crippen LogP contribution is 2.27. The zero-order valence-electron chi connectivity index (χ0n) is 8.02. The van der Waals surface area contributed by atoms with Crippen molar-refractivity contribution in [2.24, 2.45) is 0 Å². The molecule has 0 radical (unpaired) electrons. The van der Waals surface area contributed by atoms with Gasteiger partial charge in [0.15, 0.2) is 0 Å². The average molecular weight is 237 g/mol. The van der Waals surface area contributed by atoms with E-state index in [1.807, 2.05) is 0 Å². The zero-order valence-corrected chi connectivity index (χ0v) is 8.78. The quantitative estimate of drug-likeness (QED) is 0.648. The first-order valence-corrected chi connectivity index (χ1v) is 4.99. The van der Waals surface area contributed by atoms with Crippen LogP contribution in [0.2, 0.25) is 5.02 Å². The van der Waals surface area contributed by atoms with Gasteiger partial charge in [0.05, 0.1) is 10.7 Å². The minimum absolute atomic E-state index is 0.334. The van der Waals surface area contributed by atoms with Crippen LogP contribution in [0.4, 0.5) is 4.39 Å². The van der Waals surface area contributed by atoms with E-state index in [9.17, 15) is 4.39 Å². The van der Waals surface area contributed by atoms with E-state index in [-0.39, 0.29) is 5.82 Å². The fourth-order valence-electron chi connectivity index (χ4n) is 1.55. The van der Waals surface area contributed by atoms with Crippen LogP contribution < -0.4 is 0 Å². The lowest BCUT2D eigenvalue weighted by atomic mass is 10.2. The van der Waals surface area contributed by atoms with Crippen molar-refractivity contribution in [3.05, 3.63) is 47.7 Å². The Morgan fingerprint density at radius 3 is 3.00 bits per heavy atom. The Labute approximate surface area is 95.1 Å². The molecule has 0 amide bonds. The first-order chi connectivity index (χ1) is 7.74. The van der Waals surface area contributed by atoms with E-state index >= 15 is 0 Å². The summed E-state index contributed by atoms with van der Waals surface area (Å²) in [6.07, 6.45) is 5.06. The molecular formula is C11H6ClFN2O.